The number of hydrogen-bond donors (Lipinski definition) is 1. The van der Waals surface area contributed by atoms with Crippen LogP contribution in [0.2, 0.25) is 0 Å². The largest absolute Gasteiger partial charge is 0.493 e. The van der Waals surface area contributed by atoms with Crippen LogP contribution >= 0.6 is 0 Å². The minimum Gasteiger partial charge on any atom is -0.493 e. The van der Waals surface area contributed by atoms with E-state index < -0.39 is 10.8 Å². The first-order chi connectivity index (χ1) is 9.25. The van der Waals surface area contributed by atoms with E-state index >= 15 is 0 Å². The van der Waals surface area contributed by atoms with Crippen LogP contribution in [0.15, 0.2) is 59.5 Å². The van der Waals surface area contributed by atoms with Crippen LogP contribution in [0.1, 0.15) is 6.42 Å². The van der Waals surface area contributed by atoms with Gasteiger partial charge < -0.3 is 10.5 Å². The van der Waals surface area contributed by atoms with Gasteiger partial charge in [0, 0.05) is 22.4 Å². The van der Waals surface area contributed by atoms with Gasteiger partial charge in [0.2, 0.25) is 0 Å². The normalized spacial score (nSPS) is 12.0. The van der Waals surface area contributed by atoms with Crippen molar-refractivity contribution in [2.75, 3.05) is 18.1 Å². The lowest BCUT2D eigenvalue weighted by atomic mass is 10.3. The van der Waals surface area contributed by atoms with Gasteiger partial charge >= 0.3 is 0 Å². The Morgan fingerprint density at radius 1 is 1.05 bits per heavy atom. The van der Waals surface area contributed by atoms with Crippen LogP contribution in [0, 0.1) is 0 Å². The highest BCUT2D eigenvalue weighted by molar-refractivity contribution is 7.85. The van der Waals surface area contributed by atoms with Crippen LogP contribution in [0.3, 0.4) is 0 Å². The molecule has 0 aliphatic heterocycles. The fourth-order valence-corrected chi connectivity index (χ4v) is 2.75. The van der Waals surface area contributed by atoms with Crippen LogP contribution in [-0.2, 0) is 10.8 Å². The predicted octanol–water partition coefficient (Wildman–Crippen LogP) is 2.85. The molecule has 0 saturated carbocycles. The quantitative estimate of drug-likeness (QED) is 0.651. The van der Waals surface area contributed by atoms with Crippen molar-refractivity contribution in [3.8, 4) is 5.75 Å². The molecule has 2 aromatic rings. The second kappa shape index (κ2) is 6.95. The average Bonchev–Trinajstić information content (AvgIpc) is 2.44. The van der Waals surface area contributed by atoms with Gasteiger partial charge in [0.05, 0.1) is 17.4 Å². The molecule has 1 atom stereocenters. The van der Waals surface area contributed by atoms with Crippen molar-refractivity contribution in [3.05, 3.63) is 54.6 Å². The molecule has 1 unspecified atom stereocenters. The lowest BCUT2D eigenvalue weighted by Crippen LogP contribution is -2.05. The number of rotatable bonds is 6. The van der Waals surface area contributed by atoms with E-state index in [1.54, 1.807) is 6.07 Å². The van der Waals surface area contributed by atoms with Crippen molar-refractivity contribution in [1.29, 1.82) is 0 Å². The van der Waals surface area contributed by atoms with Crippen molar-refractivity contribution in [1.82, 2.24) is 0 Å². The van der Waals surface area contributed by atoms with Crippen molar-refractivity contribution < 1.29 is 8.95 Å². The van der Waals surface area contributed by atoms with Crippen LogP contribution in [-0.4, -0.2) is 16.6 Å². The molecule has 0 aromatic heterocycles. The van der Waals surface area contributed by atoms with Crippen molar-refractivity contribution in [2.24, 2.45) is 0 Å². The first kappa shape index (κ1) is 13.6. The molecule has 4 heteroatoms. The number of ether oxygens (including phenoxy) is 1. The van der Waals surface area contributed by atoms with Gasteiger partial charge in [0.15, 0.2) is 0 Å². The summed E-state index contributed by atoms with van der Waals surface area (Å²) < 4.78 is 17.5. The summed E-state index contributed by atoms with van der Waals surface area (Å²) in [5, 5.41) is 0. The third-order valence-corrected chi connectivity index (χ3v) is 4.06. The maximum atomic E-state index is 11.9. The molecular weight excluding hydrogens is 258 g/mol. The Morgan fingerprint density at radius 3 is 2.58 bits per heavy atom. The molecule has 0 saturated heterocycles. The summed E-state index contributed by atoms with van der Waals surface area (Å²) in [6, 6.07) is 16.8. The van der Waals surface area contributed by atoms with Gasteiger partial charge in [0.1, 0.15) is 5.75 Å². The Labute approximate surface area is 115 Å². The van der Waals surface area contributed by atoms with Crippen LogP contribution in [0.4, 0.5) is 5.69 Å². The summed E-state index contributed by atoms with van der Waals surface area (Å²) in [6.45, 7) is 0.544. The highest BCUT2D eigenvalue weighted by atomic mass is 32.2. The Balaban J connectivity index is 1.74. The second-order valence-electron chi connectivity index (χ2n) is 4.14. The number of hydrogen-bond acceptors (Lipinski definition) is 3. The summed E-state index contributed by atoms with van der Waals surface area (Å²) in [6.07, 6.45) is 0.746. The highest BCUT2D eigenvalue weighted by Crippen LogP contribution is 2.14. The minimum atomic E-state index is -0.950. The van der Waals surface area contributed by atoms with Gasteiger partial charge in [-0.3, -0.25) is 4.21 Å². The molecule has 0 bridgehead atoms. The second-order valence-corrected chi connectivity index (χ2v) is 5.71. The zero-order valence-electron chi connectivity index (χ0n) is 10.6. The third kappa shape index (κ3) is 4.41. The van der Waals surface area contributed by atoms with Crippen molar-refractivity contribution in [2.45, 2.75) is 11.3 Å². The van der Waals surface area contributed by atoms with Gasteiger partial charge in [-0.2, -0.15) is 0 Å². The van der Waals surface area contributed by atoms with Crippen LogP contribution in [0.5, 0.6) is 5.75 Å². The standard InChI is InChI=1S/C15H17NO2S/c16-13-6-4-7-14(12-13)18-10-5-11-19(17)15-8-2-1-3-9-15/h1-4,6-9,12H,5,10-11,16H2. The maximum Gasteiger partial charge on any atom is 0.121 e. The molecule has 0 radical (unpaired) electrons. The monoisotopic (exact) mass is 275 g/mol. The number of benzene rings is 2. The first-order valence-electron chi connectivity index (χ1n) is 6.17. The molecule has 2 N–H and O–H groups in total. The third-order valence-electron chi connectivity index (χ3n) is 2.61. The topological polar surface area (TPSA) is 52.3 Å². The van der Waals surface area contributed by atoms with Gasteiger partial charge in [-0.15, -0.1) is 0 Å². The Bertz CT molecular complexity index is 543. The zero-order chi connectivity index (χ0) is 13.5. The van der Waals surface area contributed by atoms with E-state index in [9.17, 15) is 4.21 Å². The van der Waals surface area contributed by atoms with Gasteiger partial charge in [-0.05, 0) is 30.7 Å². The van der Waals surface area contributed by atoms with E-state index in [-0.39, 0.29) is 0 Å². The lowest BCUT2D eigenvalue weighted by Gasteiger charge is -2.06. The molecule has 0 heterocycles. The minimum absolute atomic E-state index is 0.544. The van der Waals surface area contributed by atoms with Crippen molar-refractivity contribution in [3.63, 3.8) is 0 Å². The van der Waals surface area contributed by atoms with E-state index in [1.807, 2.05) is 48.5 Å². The van der Waals surface area contributed by atoms with Crippen LogP contribution < -0.4 is 10.5 Å². The number of nitrogen functional groups attached to an aromatic ring is 1. The van der Waals surface area contributed by atoms with Gasteiger partial charge in [-0.25, -0.2) is 0 Å². The summed E-state index contributed by atoms with van der Waals surface area (Å²) in [5.41, 5.74) is 6.34. The summed E-state index contributed by atoms with van der Waals surface area (Å²) >= 11 is 0. The number of anilines is 1. The number of nitrogens with two attached hydrogens (primary N) is 1. The molecule has 0 fully saturated rings. The molecule has 19 heavy (non-hydrogen) atoms. The molecule has 0 aliphatic carbocycles. The van der Waals surface area contributed by atoms with Crippen molar-refractivity contribution >= 4 is 16.5 Å². The first-order valence-corrected chi connectivity index (χ1v) is 7.49. The molecule has 2 aromatic carbocycles. The SMILES string of the molecule is Nc1cccc(OCCCS(=O)c2ccccc2)c1. The molecular formula is C15H17NO2S. The van der Waals surface area contributed by atoms with E-state index in [1.165, 1.54) is 0 Å². The van der Waals surface area contributed by atoms with E-state index in [4.69, 9.17) is 10.5 Å². The van der Waals surface area contributed by atoms with E-state index in [0.717, 1.165) is 17.1 Å². The Morgan fingerprint density at radius 2 is 1.84 bits per heavy atom. The smallest absolute Gasteiger partial charge is 0.121 e. The molecule has 3 nitrogen and oxygen atoms in total. The molecule has 0 spiro atoms. The highest BCUT2D eigenvalue weighted by Gasteiger charge is 2.02. The molecule has 100 valence electrons. The molecule has 0 aliphatic rings. The fraction of sp³-hybridized carbons (Fsp3) is 0.200. The molecule has 0 amide bonds. The fourth-order valence-electron chi connectivity index (χ4n) is 1.67. The zero-order valence-corrected chi connectivity index (χ0v) is 11.4. The van der Waals surface area contributed by atoms with E-state index in [0.29, 0.717) is 18.0 Å². The Hall–Kier alpha value is -1.81. The van der Waals surface area contributed by atoms with Gasteiger partial charge in [-0.1, -0.05) is 24.3 Å². The van der Waals surface area contributed by atoms with Crippen LogP contribution in [0.25, 0.3) is 0 Å². The summed E-state index contributed by atoms with van der Waals surface area (Å²) in [7, 11) is -0.950. The lowest BCUT2D eigenvalue weighted by molar-refractivity contribution is 0.318. The maximum absolute atomic E-state index is 11.9. The van der Waals surface area contributed by atoms with Gasteiger partial charge in [0.25, 0.3) is 0 Å². The summed E-state index contributed by atoms with van der Waals surface area (Å²) in [4.78, 5) is 0.867. The molecule has 2 rings (SSSR count). The van der Waals surface area contributed by atoms with E-state index in [2.05, 4.69) is 0 Å². The predicted molar refractivity (Wildman–Crippen MR) is 78.7 cm³/mol. The Kier molecular flexibility index (Phi) is 4.98. The average molecular weight is 275 g/mol. The summed E-state index contributed by atoms with van der Waals surface area (Å²) in [5.74, 6) is 1.36.